The number of rotatable bonds is 17. The first-order valence-electron chi connectivity index (χ1n) is 13.3. The number of amides is 4. The summed E-state index contributed by atoms with van der Waals surface area (Å²) in [4.78, 5) is 66.7. The minimum absolute atomic E-state index is 0.0104. The molecule has 0 heterocycles. The van der Waals surface area contributed by atoms with Gasteiger partial charge in [-0.3, -0.25) is 24.2 Å². The highest BCUT2D eigenvalue weighted by atomic mass is 16.4. The van der Waals surface area contributed by atoms with E-state index in [0.29, 0.717) is 5.56 Å². The Hall–Kier alpha value is -4.98. The van der Waals surface area contributed by atoms with Crippen molar-refractivity contribution in [3.05, 3.63) is 71.8 Å². The Balaban J connectivity index is 2.18. The van der Waals surface area contributed by atoms with Crippen LogP contribution >= 0.6 is 0 Å². The fourth-order valence-corrected chi connectivity index (χ4v) is 4.01. The third-order valence-corrected chi connectivity index (χ3v) is 6.15. The summed E-state index contributed by atoms with van der Waals surface area (Å²) >= 11 is 0. The number of carbonyl (C=O) groups excluding carboxylic acids is 4. The molecule has 2 aromatic rings. The van der Waals surface area contributed by atoms with Crippen LogP contribution in [0.25, 0.3) is 0 Å². The van der Waals surface area contributed by atoms with Gasteiger partial charge in [-0.25, -0.2) is 4.79 Å². The van der Waals surface area contributed by atoms with Gasteiger partial charge in [0, 0.05) is 13.0 Å². The van der Waals surface area contributed by atoms with Crippen molar-refractivity contribution in [2.45, 2.75) is 56.3 Å². The summed E-state index contributed by atoms with van der Waals surface area (Å²) in [6, 6.07) is 12.7. The maximum atomic E-state index is 13.3. The molecule has 0 bridgehead atoms. The number of aliphatic imine (C=N–C) groups is 1. The summed E-state index contributed by atoms with van der Waals surface area (Å²) in [7, 11) is 0. The van der Waals surface area contributed by atoms with E-state index in [9.17, 15) is 29.1 Å². The van der Waals surface area contributed by atoms with Gasteiger partial charge in [-0.1, -0.05) is 60.7 Å². The first-order valence-corrected chi connectivity index (χ1v) is 13.3. The van der Waals surface area contributed by atoms with E-state index in [2.05, 4.69) is 20.9 Å². The fourth-order valence-electron chi connectivity index (χ4n) is 4.01. The molecule has 0 aliphatic carbocycles. The van der Waals surface area contributed by atoms with Crippen LogP contribution in [0.4, 0.5) is 0 Å². The van der Waals surface area contributed by atoms with Crippen LogP contribution in [0.3, 0.4) is 0 Å². The Bertz CT molecular complexity index is 1240. The number of carbonyl (C=O) groups is 5. The average molecular weight is 583 g/mol. The molecule has 0 aromatic heterocycles. The number of nitrogens with zero attached hydrogens (tertiary/aromatic N) is 1. The molecule has 0 spiro atoms. The molecule has 14 heteroatoms. The van der Waals surface area contributed by atoms with E-state index in [4.69, 9.17) is 22.9 Å². The van der Waals surface area contributed by atoms with Crippen LogP contribution < -0.4 is 38.9 Å². The molecule has 4 atom stereocenters. The molecule has 0 saturated carbocycles. The summed E-state index contributed by atoms with van der Waals surface area (Å²) < 4.78 is 0. The third-order valence-electron chi connectivity index (χ3n) is 6.15. The highest BCUT2D eigenvalue weighted by Gasteiger charge is 2.31. The number of hydrogen-bond donors (Lipinski definition) is 8. The highest BCUT2D eigenvalue weighted by molar-refractivity contribution is 5.96. The maximum absolute atomic E-state index is 13.3. The molecule has 0 fully saturated rings. The van der Waals surface area contributed by atoms with E-state index < -0.39 is 60.2 Å². The topological polar surface area (TPSA) is 258 Å². The van der Waals surface area contributed by atoms with Gasteiger partial charge in [0.05, 0.1) is 12.5 Å². The van der Waals surface area contributed by atoms with Crippen molar-refractivity contribution in [1.82, 2.24) is 16.0 Å². The van der Waals surface area contributed by atoms with Gasteiger partial charge in [-0.05, 0) is 30.4 Å². The van der Waals surface area contributed by atoms with E-state index in [-0.39, 0.29) is 38.2 Å². The molecule has 0 aliphatic rings. The number of primary amides is 1. The van der Waals surface area contributed by atoms with Crippen molar-refractivity contribution in [2.75, 3.05) is 6.54 Å². The van der Waals surface area contributed by atoms with Gasteiger partial charge >= 0.3 is 5.97 Å². The number of benzene rings is 2. The molecule has 226 valence electrons. The number of guanidine groups is 1. The normalized spacial score (nSPS) is 13.5. The third kappa shape index (κ3) is 12.0. The van der Waals surface area contributed by atoms with Crippen LogP contribution in [0, 0.1) is 0 Å². The van der Waals surface area contributed by atoms with E-state index in [1.54, 1.807) is 54.6 Å². The van der Waals surface area contributed by atoms with E-state index in [1.807, 2.05) is 6.07 Å². The van der Waals surface area contributed by atoms with Crippen molar-refractivity contribution in [3.63, 3.8) is 0 Å². The van der Waals surface area contributed by atoms with E-state index in [1.165, 1.54) is 0 Å². The zero-order valence-corrected chi connectivity index (χ0v) is 23.1. The average Bonchev–Trinajstić information content (AvgIpc) is 2.94. The molecule has 4 amide bonds. The van der Waals surface area contributed by atoms with Crippen LogP contribution in [0.15, 0.2) is 65.7 Å². The summed E-state index contributed by atoms with van der Waals surface area (Å²) in [5, 5.41) is 17.0. The second kappa shape index (κ2) is 17.0. The van der Waals surface area contributed by atoms with Crippen LogP contribution in [-0.4, -0.2) is 71.4 Å². The summed E-state index contributed by atoms with van der Waals surface area (Å²) in [5.41, 5.74) is 23.4. The molecule has 12 N–H and O–H groups in total. The van der Waals surface area contributed by atoms with Crippen LogP contribution in [0.5, 0.6) is 0 Å². The van der Waals surface area contributed by atoms with Gasteiger partial charge in [-0.2, -0.15) is 0 Å². The van der Waals surface area contributed by atoms with Crippen molar-refractivity contribution in [2.24, 2.45) is 27.9 Å². The van der Waals surface area contributed by atoms with Crippen molar-refractivity contribution < 1.29 is 29.1 Å². The summed E-state index contributed by atoms with van der Waals surface area (Å²) in [5.74, 6) is -4.66. The second-order valence-electron chi connectivity index (χ2n) is 9.63. The summed E-state index contributed by atoms with van der Waals surface area (Å²) in [6.07, 6.45) is -0.109. The standard InChI is InChI=1S/C28H38N8O6/c29-19(14-17-8-3-1-4-9-17)24(38)35-22(16-23(30)37)26(40)36-21(15-18-10-5-2-6-11-18)25(39)34-20(27(41)42)12-7-13-33-28(31)32/h1-6,8-11,19-22H,7,12-16,29H2,(H2,30,37)(H,34,39)(H,35,38)(H,36,40)(H,41,42)(H4,31,32,33). The second-order valence-corrected chi connectivity index (χ2v) is 9.63. The monoisotopic (exact) mass is 582 g/mol. The molecule has 42 heavy (non-hydrogen) atoms. The highest BCUT2D eigenvalue weighted by Crippen LogP contribution is 2.08. The zero-order chi connectivity index (χ0) is 31.1. The molecular formula is C28H38N8O6. The fraction of sp³-hybridized carbons (Fsp3) is 0.357. The van der Waals surface area contributed by atoms with Crippen LogP contribution in [0.1, 0.15) is 30.4 Å². The van der Waals surface area contributed by atoms with Crippen molar-refractivity contribution in [1.29, 1.82) is 0 Å². The Kier molecular flexibility index (Phi) is 13.4. The predicted octanol–water partition coefficient (Wildman–Crippen LogP) is -1.73. The lowest BCUT2D eigenvalue weighted by Gasteiger charge is -2.25. The molecule has 2 rings (SSSR count). The Morgan fingerprint density at radius 3 is 1.74 bits per heavy atom. The maximum Gasteiger partial charge on any atom is 0.326 e. The minimum atomic E-state index is -1.43. The number of carboxylic acids is 1. The number of hydrogen-bond acceptors (Lipinski definition) is 7. The molecular weight excluding hydrogens is 544 g/mol. The lowest BCUT2D eigenvalue weighted by molar-refractivity contribution is -0.142. The molecule has 0 radical (unpaired) electrons. The summed E-state index contributed by atoms with van der Waals surface area (Å²) in [6.45, 7) is 0.160. The molecule has 0 saturated heterocycles. The van der Waals surface area contributed by atoms with Gasteiger partial charge in [0.15, 0.2) is 5.96 Å². The number of carboxylic acid groups (broad SMARTS) is 1. The van der Waals surface area contributed by atoms with E-state index >= 15 is 0 Å². The van der Waals surface area contributed by atoms with Crippen molar-refractivity contribution >= 4 is 35.6 Å². The van der Waals surface area contributed by atoms with Gasteiger partial charge < -0.3 is 44.0 Å². The number of aliphatic carboxylic acids is 1. The van der Waals surface area contributed by atoms with Gasteiger partial charge in [0.1, 0.15) is 18.1 Å². The Labute approximate surface area is 243 Å². The lowest BCUT2D eigenvalue weighted by atomic mass is 10.0. The zero-order valence-electron chi connectivity index (χ0n) is 23.1. The molecule has 4 unspecified atom stereocenters. The molecule has 0 aliphatic heterocycles. The molecule has 14 nitrogen and oxygen atoms in total. The SMILES string of the molecule is NC(=O)CC(NC(=O)C(N)Cc1ccccc1)C(=O)NC(Cc1ccccc1)C(=O)NC(CCCN=C(N)N)C(=O)O. The van der Waals surface area contributed by atoms with Crippen LogP contribution in [-0.2, 0) is 36.8 Å². The first-order chi connectivity index (χ1) is 20.0. The minimum Gasteiger partial charge on any atom is -0.480 e. The van der Waals surface area contributed by atoms with E-state index in [0.717, 1.165) is 5.56 Å². The lowest BCUT2D eigenvalue weighted by Crippen LogP contribution is -2.58. The number of nitrogens with one attached hydrogen (secondary N) is 3. The molecule has 2 aromatic carbocycles. The smallest absolute Gasteiger partial charge is 0.326 e. The largest absolute Gasteiger partial charge is 0.480 e. The van der Waals surface area contributed by atoms with Gasteiger partial charge in [0.2, 0.25) is 23.6 Å². The van der Waals surface area contributed by atoms with Gasteiger partial charge in [-0.15, -0.1) is 0 Å². The Morgan fingerprint density at radius 1 is 0.714 bits per heavy atom. The van der Waals surface area contributed by atoms with Crippen molar-refractivity contribution in [3.8, 4) is 0 Å². The number of nitrogens with two attached hydrogens (primary N) is 4. The Morgan fingerprint density at radius 2 is 1.21 bits per heavy atom. The first kappa shape index (κ1) is 33.2. The predicted molar refractivity (Wildman–Crippen MR) is 155 cm³/mol. The quantitative estimate of drug-likeness (QED) is 0.0597. The van der Waals surface area contributed by atoms with Crippen LogP contribution in [0.2, 0.25) is 0 Å². The van der Waals surface area contributed by atoms with Gasteiger partial charge in [0.25, 0.3) is 0 Å².